The van der Waals surface area contributed by atoms with E-state index in [-0.39, 0.29) is 18.7 Å². The molecule has 0 aliphatic carbocycles. The van der Waals surface area contributed by atoms with E-state index in [1.807, 2.05) is 0 Å². The first kappa shape index (κ1) is 11.8. The molecule has 6 heteroatoms. The van der Waals surface area contributed by atoms with Gasteiger partial charge in [0.2, 0.25) is 5.91 Å². The molecule has 16 heavy (non-hydrogen) atoms. The summed E-state index contributed by atoms with van der Waals surface area (Å²) in [7, 11) is 0. The van der Waals surface area contributed by atoms with Crippen LogP contribution >= 0.6 is 0 Å². The number of hydrogen-bond donors (Lipinski definition) is 3. The third kappa shape index (κ3) is 3.87. The second kappa shape index (κ2) is 5.59. The normalized spacial score (nSPS) is 9.50. The maximum atomic E-state index is 11.2. The van der Waals surface area contributed by atoms with Crippen molar-refractivity contribution in [2.24, 2.45) is 5.11 Å². The minimum Gasteiger partial charge on any atom is -0.481 e. The summed E-state index contributed by atoms with van der Waals surface area (Å²) < 4.78 is 0. The summed E-state index contributed by atoms with van der Waals surface area (Å²) in [6.07, 6.45) is -0.244. The fourth-order valence-corrected chi connectivity index (χ4v) is 1.06. The molecule has 3 N–H and O–H groups in total. The topological polar surface area (TPSA) is 103 Å². The van der Waals surface area contributed by atoms with Crippen LogP contribution in [0, 0.1) is 5.53 Å². The lowest BCUT2D eigenvalue weighted by molar-refractivity contribution is -0.138. The van der Waals surface area contributed by atoms with Gasteiger partial charge in [0.15, 0.2) is 0 Å². The van der Waals surface area contributed by atoms with Crippen molar-refractivity contribution in [1.82, 2.24) is 0 Å². The molecule has 0 aliphatic rings. The second-order valence-electron chi connectivity index (χ2n) is 3.10. The van der Waals surface area contributed by atoms with Crippen molar-refractivity contribution in [3.8, 4) is 0 Å². The SMILES string of the molecule is N=Nc1ccc(NC(=O)CCC(=O)O)cc1. The molecule has 0 unspecified atom stereocenters. The Labute approximate surface area is 91.8 Å². The summed E-state index contributed by atoms with van der Waals surface area (Å²) >= 11 is 0. The Hall–Kier alpha value is -2.24. The first-order valence-electron chi connectivity index (χ1n) is 4.61. The molecule has 1 aromatic carbocycles. The number of rotatable bonds is 5. The van der Waals surface area contributed by atoms with Crippen LogP contribution in [0.15, 0.2) is 29.4 Å². The summed E-state index contributed by atoms with van der Waals surface area (Å²) in [5, 5.41) is 14.1. The first-order valence-corrected chi connectivity index (χ1v) is 4.61. The molecule has 1 rings (SSSR count). The molecule has 1 aromatic rings. The Morgan fingerprint density at radius 1 is 1.25 bits per heavy atom. The molecule has 0 saturated heterocycles. The van der Waals surface area contributed by atoms with E-state index >= 15 is 0 Å². The van der Waals surface area contributed by atoms with E-state index in [9.17, 15) is 9.59 Å². The van der Waals surface area contributed by atoms with E-state index in [1.165, 1.54) is 0 Å². The highest BCUT2D eigenvalue weighted by molar-refractivity contribution is 5.92. The highest BCUT2D eigenvalue weighted by Crippen LogP contribution is 2.15. The summed E-state index contributed by atoms with van der Waals surface area (Å²) in [6, 6.07) is 6.37. The van der Waals surface area contributed by atoms with Crippen LogP contribution in [0.5, 0.6) is 0 Å². The Morgan fingerprint density at radius 2 is 1.88 bits per heavy atom. The van der Waals surface area contributed by atoms with Gasteiger partial charge in [0.05, 0.1) is 12.1 Å². The minimum atomic E-state index is -1.00. The van der Waals surface area contributed by atoms with Crippen LogP contribution in [-0.4, -0.2) is 17.0 Å². The monoisotopic (exact) mass is 221 g/mol. The summed E-state index contributed by atoms with van der Waals surface area (Å²) in [4.78, 5) is 21.5. The molecule has 0 bridgehead atoms. The lowest BCUT2D eigenvalue weighted by Gasteiger charge is -2.03. The van der Waals surface area contributed by atoms with Crippen molar-refractivity contribution in [2.75, 3.05) is 5.32 Å². The van der Waals surface area contributed by atoms with Crippen molar-refractivity contribution in [3.63, 3.8) is 0 Å². The van der Waals surface area contributed by atoms with Gasteiger partial charge in [-0.1, -0.05) is 0 Å². The number of hydrogen-bond acceptors (Lipinski definition) is 4. The molecule has 84 valence electrons. The predicted octanol–water partition coefficient (Wildman–Crippen LogP) is 2.15. The molecule has 1 amide bonds. The maximum Gasteiger partial charge on any atom is 0.303 e. The van der Waals surface area contributed by atoms with E-state index in [1.54, 1.807) is 24.3 Å². The number of aliphatic carboxylic acids is 1. The maximum absolute atomic E-state index is 11.2. The van der Waals surface area contributed by atoms with Crippen molar-refractivity contribution in [2.45, 2.75) is 12.8 Å². The largest absolute Gasteiger partial charge is 0.481 e. The van der Waals surface area contributed by atoms with Crippen molar-refractivity contribution >= 4 is 23.3 Å². The van der Waals surface area contributed by atoms with Gasteiger partial charge in [-0.3, -0.25) is 9.59 Å². The van der Waals surface area contributed by atoms with E-state index in [0.29, 0.717) is 11.4 Å². The van der Waals surface area contributed by atoms with Crippen LogP contribution in [0.1, 0.15) is 12.8 Å². The Kier molecular flexibility index (Phi) is 4.14. The van der Waals surface area contributed by atoms with Gasteiger partial charge in [-0.05, 0) is 24.3 Å². The molecule has 0 aromatic heterocycles. The lowest BCUT2D eigenvalue weighted by atomic mass is 10.2. The van der Waals surface area contributed by atoms with E-state index in [4.69, 9.17) is 10.6 Å². The Bertz CT molecular complexity index is 400. The highest BCUT2D eigenvalue weighted by Gasteiger charge is 2.05. The average Bonchev–Trinajstić information content (AvgIpc) is 2.27. The van der Waals surface area contributed by atoms with Crippen LogP contribution in [-0.2, 0) is 9.59 Å². The number of carboxylic acids is 1. The predicted molar refractivity (Wildman–Crippen MR) is 56.7 cm³/mol. The molecule has 0 aliphatic heterocycles. The zero-order valence-electron chi connectivity index (χ0n) is 8.43. The van der Waals surface area contributed by atoms with Gasteiger partial charge >= 0.3 is 5.97 Å². The van der Waals surface area contributed by atoms with Gasteiger partial charge < -0.3 is 10.4 Å². The fraction of sp³-hybridized carbons (Fsp3) is 0.200. The Balaban J connectivity index is 2.49. The highest BCUT2D eigenvalue weighted by atomic mass is 16.4. The summed E-state index contributed by atoms with van der Waals surface area (Å²) in [6.45, 7) is 0. The lowest BCUT2D eigenvalue weighted by Crippen LogP contribution is -2.12. The molecule has 6 nitrogen and oxygen atoms in total. The number of carbonyl (C=O) groups is 2. The number of benzene rings is 1. The smallest absolute Gasteiger partial charge is 0.303 e. The van der Waals surface area contributed by atoms with Crippen molar-refractivity contribution in [3.05, 3.63) is 24.3 Å². The van der Waals surface area contributed by atoms with Crippen molar-refractivity contribution < 1.29 is 14.7 Å². The molecular weight excluding hydrogens is 210 g/mol. The fourth-order valence-electron chi connectivity index (χ4n) is 1.06. The zero-order valence-corrected chi connectivity index (χ0v) is 8.43. The third-order valence-electron chi connectivity index (χ3n) is 1.85. The quantitative estimate of drug-likeness (QED) is 0.663. The molecule has 0 radical (unpaired) electrons. The number of carboxylic acid groups (broad SMARTS) is 1. The molecule has 0 spiro atoms. The number of anilines is 1. The number of nitrogens with zero attached hydrogens (tertiary/aromatic N) is 1. The van der Waals surface area contributed by atoms with Crippen LogP contribution in [0.25, 0.3) is 0 Å². The number of amides is 1. The van der Waals surface area contributed by atoms with Gasteiger partial charge in [-0.25, -0.2) is 5.53 Å². The van der Waals surface area contributed by atoms with Gasteiger partial charge in [-0.2, -0.15) is 5.11 Å². The van der Waals surface area contributed by atoms with Gasteiger partial charge in [-0.15, -0.1) is 0 Å². The van der Waals surface area contributed by atoms with E-state index < -0.39 is 5.97 Å². The molecule has 0 saturated carbocycles. The molecule has 0 heterocycles. The average molecular weight is 221 g/mol. The second-order valence-corrected chi connectivity index (χ2v) is 3.10. The number of nitrogens with one attached hydrogen (secondary N) is 2. The summed E-state index contributed by atoms with van der Waals surface area (Å²) in [5.41, 5.74) is 7.79. The molecule has 0 fully saturated rings. The van der Waals surface area contributed by atoms with E-state index in [2.05, 4.69) is 10.4 Å². The van der Waals surface area contributed by atoms with Crippen LogP contribution in [0.2, 0.25) is 0 Å². The van der Waals surface area contributed by atoms with Crippen LogP contribution in [0.4, 0.5) is 11.4 Å². The van der Waals surface area contributed by atoms with E-state index in [0.717, 1.165) is 0 Å². The standard InChI is InChI=1S/C10H11N3O3/c11-13-8-3-1-7(2-4-8)12-9(14)5-6-10(15)16/h1-4,11H,5-6H2,(H,12,14)(H,15,16). The minimum absolute atomic E-state index is 0.0557. The molecule has 0 atom stereocenters. The van der Waals surface area contributed by atoms with Crippen molar-refractivity contribution in [1.29, 1.82) is 5.53 Å². The van der Waals surface area contributed by atoms with Gasteiger partial charge in [0.25, 0.3) is 0 Å². The zero-order chi connectivity index (χ0) is 12.0. The van der Waals surface area contributed by atoms with Crippen LogP contribution < -0.4 is 5.32 Å². The third-order valence-corrected chi connectivity index (χ3v) is 1.85. The van der Waals surface area contributed by atoms with Gasteiger partial charge in [0, 0.05) is 12.1 Å². The number of carbonyl (C=O) groups excluding carboxylic acids is 1. The molecular formula is C10H11N3O3. The Morgan fingerprint density at radius 3 is 2.38 bits per heavy atom. The van der Waals surface area contributed by atoms with Crippen LogP contribution in [0.3, 0.4) is 0 Å². The van der Waals surface area contributed by atoms with Gasteiger partial charge in [0.1, 0.15) is 0 Å². The first-order chi connectivity index (χ1) is 7.61. The summed E-state index contributed by atoms with van der Waals surface area (Å²) in [5.74, 6) is -1.35.